The molecule has 0 heterocycles. The van der Waals surface area contributed by atoms with Crippen LogP contribution in [0.4, 0.5) is 0 Å². The smallest absolute Gasteiger partial charge is 0.200 e. The van der Waals surface area contributed by atoms with Crippen molar-refractivity contribution in [1.82, 2.24) is 0 Å². The van der Waals surface area contributed by atoms with Crippen molar-refractivity contribution in [3.63, 3.8) is 0 Å². The molecule has 0 aliphatic carbocycles. The summed E-state index contributed by atoms with van der Waals surface area (Å²) >= 11 is 0. The lowest BCUT2D eigenvalue weighted by Gasteiger charge is -2.10. The molecular weight excluding hydrogens is 256 g/mol. The standard InChI is InChI=1S/C16H16O4/c1-18-13-7-5-6-12(10-13)14(17)11-20-16-9-4-3-8-15(16)19-2/h3-10H,11H2,1-2H3. The van der Waals surface area contributed by atoms with Crippen LogP contribution in [0, 0.1) is 0 Å². The molecule has 0 aliphatic rings. The molecule has 20 heavy (non-hydrogen) atoms. The molecule has 2 aromatic carbocycles. The number of methoxy groups -OCH3 is 2. The minimum atomic E-state index is -0.116. The predicted octanol–water partition coefficient (Wildman–Crippen LogP) is 2.97. The molecule has 0 radical (unpaired) electrons. The minimum Gasteiger partial charge on any atom is -0.497 e. The Hall–Kier alpha value is -2.49. The fourth-order valence-electron chi connectivity index (χ4n) is 1.76. The number of hydrogen-bond acceptors (Lipinski definition) is 4. The van der Waals surface area contributed by atoms with E-state index in [1.807, 2.05) is 12.1 Å². The topological polar surface area (TPSA) is 44.8 Å². The molecule has 0 saturated carbocycles. The Morgan fingerprint density at radius 3 is 2.40 bits per heavy atom. The molecule has 0 N–H and O–H groups in total. The van der Waals surface area contributed by atoms with E-state index in [0.717, 1.165) is 0 Å². The number of carbonyl (C=O) groups excluding carboxylic acids is 1. The zero-order chi connectivity index (χ0) is 14.4. The molecule has 0 fully saturated rings. The molecule has 0 bridgehead atoms. The Labute approximate surface area is 117 Å². The highest BCUT2D eigenvalue weighted by Crippen LogP contribution is 2.25. The van der Waals surface area contributed by atoms with Gasteiger partial charge in [-0.2, -0.15) is 0 Å². The number of ether oxygens (including phenoxy) is 3. The van der Waals surface area contributed by atoms with Gasteiger partial charge in [-0.1, -0.05) is 24.3 Å². The van der Waals surface area contributed by atoms with Crippen molar-refractivity contribution in [2.45, 2.75) is 0 Å². The van der Waals surface area contributed by atoms with Crippen LogP contribution in [-0.2, 0) is 0 Å². The Morgan fingerprint density at radius 1 is 0.950 bits per heavy atom. The first kappa shape index (κ1) is 13.9. The van der Waals surface area contributed by atoms with Gasteiger partial charge in [0.15, 0.2) is 23.9 Å². The van der Waals surface area contributed by atoms with E-state index >= 15 is 0 Å². The highest BCUT2D eigenvalue weighted by atomic mass is 16.5. The van der Waals surface area contributed by atoms with Crippen molar-refractivity contribution in [1.29, 1.82) is 0 Å². The van der Waals surface area contributed by atoms with Crippen LogP contribution in [0.5, 0.6) is 17.2 Å². The number of para-hydroxylation sites is 2. The van der Waals surface area contributed by atoms with Gasteiger partial charge >= 0.3 is 0 Å². The summed E-state index contributed by atoms with van der Waals surface area (Å²) in [5.41, 5.74) is 0.555. The third-order valence-electron chi connectivity index (χ3n) is 2.82. The third kappa shape index (κ3) is 3.29. The van der Waals surface area contributed by atoms with Gasteiger partial charge in [0.25, 0.3) is 0 Å². The summed E-state index contributed by atoms with van der Waals surface area (Å²) in [5, 5.41) is 0. The number of carbonyl (C=O) groups is 1. The third-order valence-corrected chi connectivity index (χ3v) is 2.82. The maximum Gasteiger partial charge on any atom is 0.200 e. The van der Waals surface area contributed by atoms with E-state index in [1.165, 1.54) is 0 Å². The molecule has 0 saturated heterocycles. The van der Waals surface area contributed by atoms with E-state index < -0.39 is 0 Å². The van der Waals surface area contributed by atoms with E-state index in [1.54, 1.807) is 50.6 Å². The summed E-state index contributed by atoms with van der Waals surface area (Å²) < 4.78 is 15.8. The lowest BCUT2D eigenvalue weighted by Crippen LogP contribution is -2.12. The molecule has 104 valence electrons. The molecule has 0 spiro atoms. The average Bonchev–Trinajstić information content (AvgIpc) is 2.52. The number of ketones is 1. The first-order valence-electron chi connectivity index (χ1n) is 6.17. The molecular formula is C16H16O4. The summed E-state index contributed by atoms with van der Waals surface area (Å²) in [6.07, 6.45) is 0. The molecule has 2 rings (SSSR count). The number of hydrogen-bond donors (Lipinski definition) is 0. The average molecular weight is 272 g/mol. The molecule has 0 aromatic heterocycles. The second-order valence-electron chi connectivity index (χ2n) is 4.09. The Kier molecular flexibility index (Phi) is 4.60. The Balaban J connectivity index is 2.04. The highest BCUT2D eigenvalue weighted by Gasteiger charge is 2.10. The highest BCUT2D eigenvalue weighted by molar-refractivity contribution is 5.97. The number of rotatable bonds is 6. The first-order valence-corrected chi connectivity index (χ1v) is 6.17. The number of benzene rings is 2. The van der Waals surface area contributed by atoms with Crippen LogP contribution in [-0.4, -0.2) is 26.6 Å². The normalized spacial score (nSPS) is 9.90. The summed E-state index contributed by atoms with van der Waals surface area (Å²) in [6, 6.07) is 14.2. The second-order valence-corrected chi connectivity index (χ2v) is 4.09. The van der Waals surface area contributed by atoms with Crippen molar-refractivity contribution in [3.8, 4) is 17.2 Å². The monoisotopic (exact) mass is 272 g/mol. The van der Waals surface area contributed by atoms with Crippen molar-refractivity contribution in [2.24, 2.45) is 0 Å². The summed E-state index contributed by atoms with van der Waals surface area (Å²) in [7, 11) is 3.13. The lowest BCUT2D eigenvalue weighted by molar-refractivity contribution is 0.0919. The molecule has 4 heteroatoms. The van der Waals surface area contributed by atoms with E-state index in [4.69, 9.17) is 14.2 Å². The zero-order valence-corrected chi connectivity index (χ0v) is 11.5. The first-order chi connectivity index (χ1) is 9.74. The van der Waals surface area contributed by atoms with E-state index in [0.29, 0.717) is 22.8 Å². The molecule has 0 amide bonds. The maximum absolute atomic E-state index is 12.1. The fraction of sp³-hybridized carbons (Fsp3) is 0.188. The van der Waals surface area contributed by atoms with Crippen LogP contribution in [0.25, 0.3) is 0 Å². The Morgan fingerprint density at radius 2 is 1.70 bits per heavy atom. The van der Waals surface area contributed by atoms with Crippen molar-refractivity contribution < 1.29 is 19.0 Å². The van der Waals surface area contributed by atoms with Crippen LogP contribution in [0.15, 0.2) is 48.5 Å². The van der Waals surface area contributed by atoms with Crippen LogP contribution in [0.2, 0.25) is 0 Å². The van der Waals surface area contributed by atoms with Gasteiger partial charge in [-0.3, -0.25) is 4.79 Å². The molecule has 0 aliphatic heterocycles. The number of Topliss-reactive ketones (excluding diaryl/α,β-unsaturated/α-hetero) is 1. The second kappa shape index (κ2) is 6.61. The van der Waals surface area contributed by atoms with Crippen molar-refractivity contribution in [2.75, 3.05) is 20.8 Å². The van der Waals surface area contributed by atoms with Crippen LogP contribution in [0.3, 0.4) is 0 Å². The van der Waals surface area contributed by atoms with Gasteiger partial charge in [-0.15, -0.1) is 0 Å². The summed E-state index contributed by atoms with van der Waals surface area (Å²) in [4.78, 5) is 12.1. The molecule has 4 nitrogen and oxygen atoms in total. The van der Waals surface area contributed by atoms with E-state index in [-0.39, 0.29) is 12.4 Å². The van der Waals surface area contributed by atoms with Gasteiger partial charge in [0.05, 0.1) is 14.2 Å². The summed E-state index contributed by atoms with van der Waals surface area (Å²) in [5.74, 6) is 1.68. The summed E-state index contributed by atoms with van der Waals surface area (Å²) in [6.45, 7) is -0.0481. The SMILES string of the molecule is COc1cccc(C(=O)COc2ccccc2OC)c1. The van der Waals surface area contributed by atoms with Gasteiger partial charge in [-0.05, 0) is 24.3 Å². The lowest BCUT2D eigenvalue weighted by atomic mass is 10.1. The predicted molar refractivity (Wildman–Crippen MR) is 75.8 cm³/mol. The van der Waals surface area contributed by atoms with Gasteiger partial charge in [-0.25, -0.2) is 0 Å². The van der Waals surface area contributed by atoms with Gasteiger partial charge in [0.2, 0.25) is 0 Å². The van der Waals surface area contributed by atoms with Gasteiger partial charge in [0, 0.05) is 5.56 Å². The van der Waals surface area contributed by atoms with Crippen molar-refractivity contribution >= 4 is 5.78 Å². The molecule has 2 aromatic rings. The molecule has 0 atom stereocenters. The fourth-order valence-corrected chi connectivity index (χ4v) is 1.76. The van der Waals surface area contributed by atoms with Gasteiger partial charge in [0.1, 0.15) is 5.75 Å². The van der Waals surface area contributed by atoms with Crippen LogP contribution < -0.4 is 14.2 Å². The largest absolute Gasteiger partial charge is 0.497 e. The van der Waals surface area contributed by atoms with Crippen LogP contribution >= 0.6 is 0 Å². The van der Waals surface area contributed by atoms with Crippen LogP contribution in [0.1, 0.15) is 10.4 Å². The van der Waals surface area contributed by atoms with Crippen molar-refractivity contribution in [3.05, 3.63) is 54.1 Å². The molecule has 0 unspecified atom stereocenters. The van der Waals surface area contributed by atoms with E-state index in [2.05, 4.69) is 0 Å². The minimum absolute atomic E-state index is 0.0481. The maximum atomic E-state index is 12.1. The van der Waals surface area contributed by atoms with Gasteiger partial charge < -0.3 is 14.2 Å². The van der Waals surface area contributed by atoms with E-state index in [9.17, 15) is 4.79 Å². The Bertz CT molecular complexity index is 593. The quantitative estimate of drug-likeness (QED) is 0.758. The zero-order valence-electron chi connectivity index (χ0n) is 11.5.